The molecule has 2 aromatic rings. The van der Waals surface area contributed by atoms with E-state index in [0.29, 0.717) is 11.4 Å². The van der Waals surface area contributed by atoms with Gasteiger partial charge in [0.2, 0.25) is 0 Å². The molecule has 1 amide bonds. The average molecular weight is 259 g/mol. The summed E-state index contributed by atoms with van der Waals surface area (Å²) in [7, 11) is 1.49. The van der Waals surface area contributed by atoms with E-state index in [2.05, 4.69) is 15.3 Å². The van der Waals surface area contributed by atoms with Crippen LogP contribution in [0.2, 0.25) is 0 Å². The van der Waals surface area contributed by atoms with Gasteiger partial charge in [0.15, 0.2) is 0 Å². The molecule has 0 unspecified atom stereocenters. The summed E-state index contributed by atoms with van der Waals surface area (Å²) >= 11 is 0. The highest BCUT2D eigenvalue weighted by Crippen LogP contribution is 2.23. The van der Waals surface area contributed by atoms with Crippen molar-refractivity contribution in [3.8, 4) is 11.5 Å². The van der Waals surface area contributed by atoms with Crippen molar-refractivity contribution in [1.82, 2.24) is 15.3 Å². The maximum absolute atomic E-state index is 11.9. The molecule has 6 heteroatoms. The van der Waals surface area contributed by atoms with Crippen LogP contribution in [-0.2, 0) is 6.54 Å². The van der Waals surface area contributed by atoms with E-state index in [1.54, 1.807) is 18.3 Å². The summed E-state index contributed by atoms with van der Waals surface area (Å²) in [4.78, 5) is 19.7. The van der Waals surface area contributed by atoms with Crippen molar-refractivity contribution in [1.29, 1.82) is 0 Å². The summed E-state index contributed by atoms with van der Waals surface area (Å²) < 4.78 is 4.95. The Labute approximate surface area is 110 Å². The normalized spacial score (nSPS) is 9.95. The topological polar surface area (TPSA) is 84.3 Å². The molecule has 2 rings (SSSR count). The van der Waals surface area contributed by atoms with Crippen molar-refractivity contribution in [2.75, 3.05) is 7.11 Å². The minimum absolute atomic E-state index is 0.125. The molecule has 0 saturated carbocycles. The Morgan fingerprint density at radius 2 is 2.26 bits per heavy atom. The fourth-order valence-electron chi connectivity index (χ4n) is 1.52. The van der Waals surface area contributed by atoms with E-state index in [1.165, 1.54) is 25.6 Å². The number of carbonyl (C=O) groups excluding carboxylic acids is 1. The third kappa shape index (κ3) is 3.19. The largest absolute Gasteiger partial charge is 0.507 e. The van der Waals surface area contributed by atoms with Crippen LogP contribution in [0.1, 0.15) is 16.1 Å². The van der Waals surface area contributed by atoms with Crippen molar-refractivity contribution in [2.24, 2.45) is 0 Å². The minimum Gasteiger partial charge on any atom is -0.507 e. The number of amides is 1. The molecular weight excluding hydrogens is 246 g/mol. The van der Waals surface area contributed by atoms with Gasteiger partial charge in [0, 0.05) is 12.3 Å². The fourth-order valence-corrected chi connectivity index (χ4v) is 1.52. The Bertz CT molecular complexity index is 573. The lowest BCUT2D eigenvalue weighted by atomic mass is 10.1. The number of hydrogen-bond donors (Lipinski definition) is 2. The summed E-state index contributed by atoms with van der Waals surface area (Å²) in [5, 5.41) is 12.4. The van der Waals surface area contributed by atoms with E-state index in [4.69, 9.17) is 4.74 Å². The number of hydrogen-bond acceptors (Lipinski definition) is 5. The monoisotopic (exact) mass is 259 g/mol. The molecule has 0 aliphatic heterocycles. The van der Waals surface area contributed by atoms with Crippen LogP contribution in [0.3, 0.4) is 0 Å². The summed E-state index contributed by atoms with van der Waals surface area (Å²) in [5.41, 5.74) is 0.881. The highest BCUT2D eigenvalue weighted by atomic mass is 16.5. The van der Waals surface area contributed by atoms with Gasteiger partial charge in [-0.1, -0.05) is 0 Å². The lowest BCUT2D eigenvalue weighted by Gasteiger charge is -2.07. The predicted octanol–water partition coefficient (Wildman–Crippen LogP) is 1.12. The van der Waals surface area contributed by atoms with Crippen LogP contribution in [0.25, 0.3) is 0 Å². The van der Waals surface area contributed by atoms with Crippen LogP contribution >= 0.6 is 0 Å². The van der Waals surface area contributed by atoms with E-state index in [9.17, 15) is 9.90 Å². The molecule has 98 valence electrons. The Kier molecular flexibility index (Phi) is 3.92. The van der Waals surface area contributed by atoms with Gasteiger partial charge in [-0.3, -0.25) is 4.79 Å². The second kappa shape index (κ2) is 5.81. The van der Waals surface area contributed by atoms with Crippen molar-refractivity contribution >= 4 is 5.91 Å². The number of phenols is 1. The van der Waals surface area contributed by atoms with Crippen LogP contribution < -0.4 is 10.1 Å². The first-order valence-corrected chi connectivity index (χ1v) is 5.61. The Balaban J connectivity index is 2.04. The zero-order chi connectivity index (χ0) is 13.7. The molecule has 0 atom stereocenters. The highest BCUT2D eigenvalue weighted by Gasteiger charge is 2.11. The second-order valence-electron chi connectivity index (χ2n) is 3.77. The van der Waals surface area contributed by atoms with Crippen LogP contribution in [0, 0.1) is 0 Å². The van der Waals surface area contributed by atoms with E-state index >= 15 is 0 Å². The number of ether oxygens (including phenoxy) is 1. The van der Waals surface area contributed by atoms with E-state index in [-0.39, 0.29) is 23.8 Å². The molecule has 1 aromatic heterocycles. The summed E-state index contributed by atoms with van der Waals surface area (Å²) in [6.07, 6.45) is 3.01. The summed E-state index contributed by atoms with van der Waals surface area (Å²) in [6, 6.07) is 6.20. The maximum atomic E-state index is 11.9. The van der Waals surface area contributed by atoms with E-state index in [0.717, 1.165) is 0 Å². The van der Waals surface area contributed by atoms with Crippen molar-refractivity contribution in [2.45, 2.75) is 6.54 Å². The number of aromatic hydroxyl groups is 1. The lowest BCUT2D eigenvalue weighted by molar-refractivity contribution is 0.0947. The third-order valence-electron chi connectivity index (χ3n) is 2.52. The van der Waals surface area contributed by atoms with Crippen molar-refractivity contribution in [3.05, 3.63) is 48.0 Å². The van der Waals surface area contributed by atoms with Gasteiger partial charge in [-0.15, -0.1) is 0 Å². The van der Waals surface area contributed by atoms with E-state index < -0.39 is 0 Å². The minimum atomic E-state index is -0.376. The van der Waals surface area contributed by atoms with Gasteiger partial charge >= 0.3 is 0 Å². The van der Waals surface area contributed by atoms with Gasteiger partial charge in [0.05, 0.1) is 24.9 Å². The van der Waals surface area contributed by atoms with Crippen molar-refractivity contribution in [3.63, 3.8) is 0 Å². The molecular formula is C13H13N3O3. The Hall–Kier alpha value is -2.63. The molecule has 2 N–H and O–H groups in total. The molecule has 1 aromatic carbocycles. The quantitative estimate of drug-likeness (QED) is 0.859. The molecule has 0 aliphatic rings. The van der Waals surface area contributed by atoms with Crippen LogP contribution in [0.5, 0.6) is 11.5 Å². The number of aromatic nitrogens is 2. The summed E-state index contributed by atoms with van der Waals surface area (Å²) in [6.45, 7) is 0.271. The Morgan fingerprint density at radius 1 is 1.42 bits per heavy atom. The number of methoxy groups -OCH3 is 1. The van der Waals surface area contributed by atoms with Crippen LogP contribution in [0.15, 0.2) is 36.8 Å². The molecule has 19 heavy (non-hydrogen) atoms. The predicted molar refractivity (Wildman–Crippen MR) is 67.9 cm³/mol. The van der Waals surface area contributed by atoms with Gasteiger partial charge in [-0.05, 0) is 18.2 Å². The molecule has 0 radical (unpaired) electrons. The number of phenolic OH excluding ortho intramolecular Hbond substituents is 1. The number of benzene rings is 1. The SMILES string of the molecule is COc1ccc(C(=O)NCc2ccncn2)c(O)c1. The molecule has 6 nitrogen and oxygen atoms in total. The Morgan fingerprint density at radius 3 is 2.89 bits per heavy atom. The molecule has 1 heterocycles. The summed E-state index contributed by atoms with van der Waals surface area (Å²) in [5.74, 6) is -0.0110. The molecule has 0 aliphatic carbocycles. The van der Waals surface area contributed by atoms with Gasteiger partial charge in [-0.2, -0.15) is 0 Å². The van der Waals surface area contributed by atoms with Crippen molar-refractivity contribution < 1.29 is 14.6 Å². The second-order valence-corrected chi connectivity index (χ2v) is 3.77. The first-order valence-electron chi connectivity index (χ1n) is 5.61. The average Bonchev–Trinajstić information content (AvgIpc) is 2.45. The molecule has 0 spiro atoms. The molecule has 0 bridgehead atoms. The van der Waals surface area contributed by atoms with Gasteiger partial charge in [0.1, 0.15) is 17.8 Å². The fraction of sp³-hybridized carbons (Fsp3) is 0.154. The number of rotatable bonds is 4. The van der Waals surface area contributed by atoms with Gasteiger partial charge < -0.3 is 15.2 Å². The zero-order valence-electron chi connectivity index (χ0n) is 10.3. The molecule has 0 fully saturated rings. The molecule has 0 saturated heterocycles. The van der Waals surface area contributed by atoms with E-state index in [1.807, 2.05) is 0 Å². The first-order chi connectivity index (χ1) is 9.20. The van der Waals surface area contributed by atoms with Gasteiger partial charge in [-0.25, -0.2) is 9.97 Å². The standard InChI is InChI=1S/C13H13N3O3/c1-19-10-2-3-11(12(17)6-10)13(18)15-7-9-4-5-14-8-16-9/h2-6,8,17H,7H2,1H3,(H,15,18). The van der Waals surface area contributed by atoms with Crippen LogP contribution in [-0.4, -0.2) is 28.1 Å². The number of nitrogens with one attached hydrogen (secondary N) is 1. The number of carbonyl (C=O) groups is 1. The zero-order valence-corrected chi connectivity index (χ0v) is 10.3. The third-order valence-corrected chi connectivity index (χ3v) is 2.52. The van der Waals surface area contributed by atoms with Gasteiger partial charge in [0.25, 0.3) is 5.91 Å². The lowest BCUT2D eigenvalue weighted by Crippen LogP contribution is -2.23. The highest BCUT2D eigenvalue weighted by molar-refractivity contribution is 5.96. The van der Waals surface area contributed by atoms with Crippen LogP contribution in [0.4, 0.5) is 0 Å². The maximum Gasteiger partial charge on any atom is 0.255 e. The first kappa shape index (κ1) is 12.8. The smallest absolute Gasteiger partial charge is 0.255 e. The number of nitrogens with zero attached hydrogens (tertiary/aromatic N) is 2.